The molecule has 25 heavy (non-hydrogen) atoms. The molecule has 0 aliphatic carbocycles. The minimum absolute atomic E-state index is 0.130. The van der Waals surface area contributed by atoms with E-state index in [0.29, 0.717) is 5.69 Å². The number of phenols is 1. The lowest BCUT2D eigenvalue weighted by Crippen LogP contribution is -2.19. The molecule has 8 nitrogen and oxygen atoms in total. The first-order valence-electron chi connectivity index (χ1n) is 7.40. The summed E-state index contributed by atoms with van der Waals surface area (Å²) in [5.41, 5.74) is 0.678. The Hall–Kier alpha value is -2.44. The average molecular weight is 368 g/mol. The second kappa shape index (κ2) is 8.09. The number of nitrogens with one attached hydrogen (secondary N) is 1. The fourth-order valence-electron chi connectivity index (χ4n) is 2.11. The molecular weight excluding hydrogens is 347 g/mol. The van der Waals surface area contributed by atoms with Crippen LogP contribution < -0.4 is 19.3 Å². The van der Waals surface area contributed by atoms with Crippen molar-refractivity contribution in [3.05, 3.63) is 36.7 Å². The summed E-state index contributed by atoms with van der Waals surface area (Å²) in [6, 6.07) is 6.35. The first-order chi connectivity index (χ1) is 11.9. The predicted octanol–water partition coefficient (Wildman–Crippen LogP) is 3.48. The normalized spacial score (nSPS) is 14.2. The van der Waals surface area contributed by atoms with Gasteiger partial charge in [-0.25, -0.2) is 4.57 Å². The van der Waals surface area contributed by atoms with E-state index >= 15 is 0 Å². The van der Waals surface area contributed by atoms with Crippen molar-refractivity contribution < 1.29 is 28.2 Å². The molecular formula is C16H21N2O6P. The molecule has 0 saturated heterocycles. The molecule has 2 unspecified atom stereocenters. The van der Waals surface area contributed by atoms with E-state index in [1.54, 1.807) is 31.5 Å². The smallest absolute Gasteiger partial charge is 0.400 e. The van der Waals surface area contributed by atoms with Gasteiger partial charge in [-0.1, -0.05) is 0 Å². The summed E-state index contributed by atoms with van der Waals surface area (Å²) in [5.74, 6) is -0.398. The highest BCUT2D eigenvalue weighted by molar-refractivity contribution is 7.55. The van der Waals surface area contributed by atoms with Crippen molar-refractivity contribution in [1.82, 2.24) is 4.98 Å². The minimum atomic E-state index is -3.59. The van der Waals surface area contributed by atoms with E-state index in [9.17, 15) is 9.67 Å². The van der Waals surface area contributed by atoms with Crippen LogP contribution in [0.4, 0.5) is 5.69 Å². The Morgan fingerprint density at radius 3 is 2.32 bits per heavy atom. The maximum Gasteiger partial charge on any atom is 0.400 e. The molecule has 0 amide bonds. The summed E-state index contributed by atoms with van der Waals surface area (Å²) in [5, 5.41) is 13.0. The quantitative estimate of drug-likeness (QED) is 0.683. The van der Waals surface area contributed by atoms with Gasteiger partial charge in [-0.2, -0.15) is 0 Å². The lowest BCUT2D eigenvalue weighted by molar-refractivity contribution is 0.310. The van der Waals surface area contributed by atoms with Crippen LogP contribution in [0.2, 0.25) is 0 Å². The van der Waals surface area contributed by atoms with Gasteiger partial charge >= 0.3 is 7.60 Å². The van der Waals surface area contributed by atoms with Crippen LogP contribution in [-0.2, 0) is 9.09 Å². The Balaban J connectivity index is 2.27. The van der Waals surface area contributed by atoms with Gasteiger partial charge in [0.1, 0.15) is 11.5 Å². The zero-order valence-corrected chi connectivity index (χ0v) is 15.3. The summed E-state index contributed by atoms with van der Waals surface area (Å²) < 4.78 is 34.0. The Morgan fingerprint density at radius 1 is 1.20 bits per heavy atom. The van der Waals surface area contributed by atoms with E-state index in [1.165, 1.54) is 33.5 Å². The van der Waals surface area contributed by atoms with Gasteiger partial charge in [-0.05, 0) is 19.1 Å². The van der Waals surface area contributed by atoms with Crippen molar-refractivity contribution in [3.63, 3.8) is 0 Å². The Kier molecular flexibility index (Phi) is 6.12. The van der Waals surface area contributed by atoms with Crippen molar-refractivity contribution in [2.45, 2.75) is 12.7 Å². The van der Waals surface area contributed by atoms with Crippen LogP contribution in [0.3, 0.4) is 0 Å². The van der Waals surface area contributed by atoms with Crippen molar-refractivity contribution >= 4 is 13.3 Å². The second-order valence-corrected chi connectivity index (χ2v) is 7.45. The molecule has 2 aromatic rings. The molecule has 0 aliphatic rings. The molecule has 1 aromatic carbocycles. The number of aromatic nitrogens is 1. The SMILES string of the molecule is COc1cc(OP(=O)(OC)C(C)Nc2cccnc2)cc(OC)c1O. The van der Waals surface area contributed by atoms with Gasteiger partial charge in [0.15, 0.2) is 11.5 Å². The molecule has 2 rings (SSSR count). The van der Waals surface area contributed by atoms with Crippen molar-refractivity contribution in [2.24, 2.45) is 0 Å². The van der Waals surface area contributed by atoms with Gasteiger partial charge < -0.3 is 28.9 Å². The maximum atomic E-state index is 13.1. The molecule has 0 spiro atoms. The number of hydrogen-bond acceptors (Lipinski definition) is 8. The number of nitrogens with zero attached hydrogens (tertiary/aromatic N) is 1. The summed E-state index contributed by atoms with van der Waals surface area (Å²) in [4.78, 5) is 3.99. The summed E-state index contributed by atoms with van der Waals surface area (Å²) >= 11 is 0. The van der Waals surface area contributed by atoms with Crippen LogP contribution in [0.25, 0.3) is 0 Å². The molecule has 9 heteroatoms. The maximum absolute atomic E-state index is 13.1. The number of phenolic OH excluding ortho intramolecular Hbond substituents is 1. The van der Waals surface area contributed by atoms with E-state index in [0.717, 1.165) is 0 Å². The number of rotatable bonds is 8. The third-order valence-electron chi connectivity index (χ3n) is 3.45. The number of hydrogen-bond donors (Lipinski definition) is 2. The second-order valence-electron chi connectivity index (χ2n) is 5.05. The molecule has 1 heterocycles. The lowest BCUT2D eigenvalue weighted by Gasteiger charge is -2.25. The molecule has 0 saturated carbocycles. The van der Waals surface area contributed by atoms with Crippen LogP contribution in [-0.4, -0.2) is 37.2 Å². The molecule has 136 valence electrons. The number of anilines is 1. The van der Waals surface area contributed by atoms with E-state index < -0.39 is 13.4 Å². The Morgan fingerprint density at radius 2 is 1.84 bits per heavy atom. The third-order valence-corrected chi connectivity index (χ3v) is 5.50. The standard InChI is InChI=1S/C16H21N2O6P/c1-11(18-12-6-5-7-17-10-12)25(20,23-4)24-13-8-14(21-2)16(19)15(9-13)22-3/h5-11,18-19H,1-4H3. The lowest BCUT2D eigenvalue weighted by atomic mass is 10.3. The van der Waals surface area contributed by atoms with E-state index in [4.69, 9.17) is 18.5 Å². The van der Waals surface area contributed by atoms with Crippen LogP contribution >= 0.6 is 7.60 Å². The zero-order valence-electron chi connectivity index (χ0n) is 14.4. The van der Waals surface area contributed by atoms with Gasteiger partial charge in [-0.15, -0.1) is 0 Å². The van der Waals surface area contributed by atoms with E-state index in [2.05, 4.69) is 10.3 Å². The largest absolute Gasteiger partial charge is 0.502 e. The van der Waals surface area contributed by atoms with Crippen molar-refractivity contribution in [1.29, 1.82) is 0 Å². The van der Waals surface area contributed by atoms with Crippen LogP contribution in [0.1, 0.15) is 6.92 Å². The molecule has 0 radical (unpaired) electrons. The topological polar surface area (TPSA) is 99.1 Å². The minimum Gasteiger partial charge on any atom is -0.502 e. The number of pyridine rings is 1. The molecule has 0 fully saturated rings. The highest BCUT2D eigenvalue weighted by Gasteiger charge is 2.34. The average Bonchev–Trinajstić information content (AvgIpc) is 2.63. The van der Waals surface area contributed by atoms with Crippen LogP contribution in [0.15, 0.2) is 36.7 Å². The monoisotopic (exact) mass is 368 g/mol. The fraction of sp³-hybridized carbons (Fsp3) is 0.312. The summed E-state index contributed by atoms with van der Waals surface area (Å²) in [6.07, 6.45) is 3.24. The molecule has 0 aliphatic heterocycles. The zero-order chi connectivity index (χ0) is 18.4. The Bertz CT molecular complexity index is 731. The van der Waals surface area contributed by atoms with Gasteiger partial charge in [0.05, 0.1) is 19.9 Å². The fourth-order valence-corrected chi connectivity index (χ4v) is 3.37. The Labute approximate surface area is 146 Å². The van der Waals surface area contributed by atoms with Crippen molar-refractivity contribution in [3.8, 4) is 23.0 Å². The van der Waals surface area contributed by atoms with Gasteiger partial charge in [0.2, 0.25) is 5.75 Å². The van der Waals surface area contributed by atoms with Crippen LogP contribution in [0, 0.1) is 0 Å². The highest BCUT2D eigenvalue weighted by Crippen LogP contribution is 2.53. The molecule has 2 N–H and O–H groups in total. The third kappa shape index (κ3) is 4.35. The number of aromatic hydroxyl groups is 1. The highest BCUT2D eigenvalue weighted by atomic mass is 31.2. The molecule has 0 bridgehead atoms. The first-order valence-corrected chi connectivity index (χ1v) is 9.01. The van der Waals surface area contributed by atoms with E-state index in [-0.39, 0.29) is 23.0 Å². The number of methoxy groups -OCH3 is 2. The van der Waals surface area contributed by atoms with Gasteiger partial charge in [0, 0.05) is 31.6 Å². The molecule has 2 atom stereocenters. The number of benzene rings is 1. The summed E-state index contributed by atoms with van der Waals surface area (Å²) in [7, 11) is 0.496. The van der Waals surface area contributed by atoms with Crippen molar-refractivity contribution in [2.75, 3.05) is 26.6 Å². The van der Waals surface area contributed by atoms with Gasteiger partial charge in [0.25, 0.3) is 0 Å². The van der Waals surface area contributed by atoms with Crippen LogP contribution in [0.5, 0.6) is 23.0 Å². The molecule has 1 aromatic heterocycles. The summed E-state index contributed by atoms with van der Waals surface area (Å²) in [6.45, 7) is 1.67. The first kappa shape index (κ1) is 18.9. The van der Waals surface area contributed by atoms with Gasteiger partial charge in [-0.3, -0.25) is 4.98 Å². The van der Waals surface area contributed by atoms with E-state index in [1.807, 2.05) is 0 Å². The predicted molar refractivity (Wildman–Crippen MR) is 93.8 cm³/mol. The number of ether oxygens (including phenoxy) is 2.